The first-order valence-electron chi connectivity index (χ1n) is 6.17. The molecule has 0 N–H and O–H groups in total. The highest BCUT2D eigenvalue weighted by Crippen LogP contribution is 2.22. The van der Waals surface area contributed by atoms with Gasteiger partial charge in [0.05, 0.1) is 5.69 Å². The fourth-order valence-electron chi connectivity index (χ4n) is 1.95. The molecule has 6 heteroatoms. The molecule has 0 fully saturated rings. The van der Waals surface area contributed by atoms with Crippen LogP contribution in [0.4, 0.5) is 4.39 Å². The van der Waals surface area contributed by atoms with Crippen molar-refractivity contribution in [1.29, 1.82) is 0 Å². The van der Waals surface area contributed by atoms with Crippen LogP contribution < -0.4 is 5.56 Å². The maximum Gasteiger partial charge on any atom is 0.275 e. The molecular formula is C15H10ClFN2OS. The molecular weight excluding hydrogens is 311 g/mol. The molecule has 0 bridgehead atoms. The Labute approximate surface area is 129 Å². The van der Waals surface area contributed by atoms with Gasteiger partial charge in [0.25, 0.3) is 5.56 Å². The number of halogens is 2. The fraction of sp³-hybridized carbons (Fsp3) is 0.0667. The van der Waals surface area contributed by atoms with Gasteiger partial charge in [-0.2, -0.15) is 14.2 Å². The van der Waals surface area contributed by atoms with Gasteiger partial charge in [-0.1, -0.05) is 35.1 Å². The number of rotatable bonds is 2. The van der Waals surface area contributed by atoms with Crippen LogP contribution in [0.1, 0.15) is 5.56 Å². The van der Waals surface area contributed by atoms with Crippen molar-refractivity contribution in [3.63, 3.8) is 0 Å². The summed E-state index contributed by atoms with van der Waals surface area (Å²) < 4.78 is 14.4. The van der Waals surface area contributed by atoms with Gasteiger partial charge >= 0.3 is 0 Å². The number of benzene rings is 1. The average Bonchev–Trinajstić information content (AvgIpc) is 2.89. The molecule has 0 atom stereocenters. The van der Waals surface area contributed by atoms with Crippen LogP contribution in [0, 0.1) is 12.1 Å². The van der Waals surface area contributed by atoms with Gasteiger partial charge in [-0.3, -0.25) is 4.79 Å². The van der Waals surface area contributed by atoms with E-state index in [0.29, 0.717) is 21.3 Å². The quantitative estimate of drug-likeness (QED) is 0.713. The molecule has 0 aliphatic heterocycles. The largest absolute Gasteiger partial charge is 0.275 e. The van der Waals surface area contributed by atoms with Crippen LogP contribution in [-0.2, 0) is 0 Å². The fourth-order valence-corrected chi connectivity index (χ4v) is 2.75. The van der Waals surface area contributed by atoms with Crippen molar-refractivity contribution in [1.82, 2.24) is 9.78 Å². The van der Waals surface area contributed by atoms with Crippen LogP contribution in [0.15, 0.2) is 47.3 Å². The van der Waals surface area contributed by atoms with E-state index in [-0.39, 0.29) is 10.7 Å². The Morgan fingerprint density at radius 3 is 2.52 bits per heavy atom. The van der Waals surface area contributed by atoms with E-state index >= 15 is 0 Å². The third-order valence-electron chi connectivity index (χ3n) is 3.00. The molecule has 2 heterocycles. The van der Waals surface area contributed by atoms with Crippen molar-refractivity contribution in [2.75, 3.05) is 0 Å². The number of thiophene rings is 1. The Bertz CT molecular complexity index is 855. The minimum Gasteiger partial charge on any atom is -0.267 e. The zero-order valence-electron chi connectivity index (χ0n) is 11.0. The molecule has 3 aromatic rings. The summed E-state index contributed by atoms with van der Waals surface area (Å²) in [6, 6.07) is 11.7. The first-order valence-corrected chi connectivity index (χ1v) is 7.37. The highest BCUT2D eigenvalue weighted by atomic mass is 35.5. The second-order valence-electron chi connectivity index (χ2n) is 4.51. The van der Waals surface area contributed by atoms with E-state index in [1.807, 2.05) is 12.1 Å². The van der Waals surface area contributed by atoms with E-state index in [4.69, 9.17) is 11.6 Å². The minimum atomic E-state index is -0.353. The lowest BCUT2D eigenvalue weighted by Gasteiger charge is -2.07. The second-order valence-corrected chi connectivity index (χ2v) is 5.96. The molecule has 21 heavy (non-hydrogen) atoms. The molecule has 0 saturated carbocycles. The summed E-state index contributed by atoms with van der Waals surface area (Å²) in [6.45, 7) is 1.71. The van der Waals surface area contributed by atoms with E-state index in [9.17, 15) is 9.18 Å². The van der Waals surface area contributed by atoms with Crippen LogP contribution in [0.5, 0.6) is 0 Å². The average molecular weight is 321 g/mol. The predicted molar refractivity (Wildman–Crippen MR) is 82.9 cm³/mol. The Balaban J connectivity index is 2.18. The van der Waals surface area contributed by atoms with E-state index in [0.717, 1.165) is 16.9 Å². The number of hydrogen-bond acceptors (Lipinski definition) is 3. The Morgan fingerprint density at radius 1 is 1.19 bits per heavy atom. The number of nitrogens with zero attached hydrogens (tertiary/aromatic N) is 2. The van der Waals surface area contributed by atoms with E-state index < -0.39 is 0 Å². The third kappa shape index (κ3) is 2.75. The zero-order chi connectivity index (χ0) is 15.0. The van der Waals surface area contributed by atoms with Crippen molar-refractivity contribution >= 4 is 22.9 Å². The Hall–Kier alpha value is -1.98. The molecule has 2 aromatic heterocycles. The topological polar surface area (TPSA) is 34.9 Å². The smallest absolute Gasteiger partial charge is 0.267 e. The van der Waals surface area contributed by atoms with Crippen LogP contribution in [0.3, 0.4) is 0 Å². The molecule has 0 spiro atoms. The summed E-state index contributed by atoms with van der Waals surface area (Å²) in [5.41, 5.74) is 1.77. The SMILES string of the molecule is Cc1cc(-c2ccc(Cl)cc2)nn(-c2ccc(F)s2)c1=O. The predicted octanol–water partition coefficient (Wildman–Crippen LogP) is 4.06. The highest BCUT2D eigenvalue weighted by molar-refractivity contribution is 7.12. The standard InChI is InChI=1S/C15H10ClFN2OS/c1-9-8-12(10-2-4-11(16)5-3-10)18-19(15(9)20)14-7-6-13(17)21-14/h2-8H,1H3. The summed E-state index contributed by atoms with van der Waals surface area (Å²) in [6.07, 6.45) is 0. The molecule has 0 unspecified atom stereocenters. The normalized spacial score (nSPS) is 10.8. The van der Waals surface area contributed by atoms with Crippen molar-refractivity contribution < 1.29 is 4.39 Å². The summed E-state index contributed by atoms with van der Waals surface area (Å²) >= 11 is 6.75. The lowest BCUT2D eigenvalue weighted by atomic mass is 10.1. The van der Waals surface area contributed by atoms with Crippen LogP contribution in [0.2, 0.25) is 5.02 Å². The molecule has 0 radical (unpaired) electrons. The van der Waals surface area contributed by atoms with E-state index in [2.05, 4.69) is 5.10 Å². The van der Waals surface area contributed by atoms with E-state index in [1.54, 1.807) is 31.2 Å². The molecule has 3 nitrogen and oxygen atoms in total. The molecule has 3 rings (SSSR count). The summed E-state index contributed by atoms with van der Waals surface area (Å²) in [4.78, 5) is 12.2. The van der Waals surface area contributed by atoms with Gasteiger partial charge in [-0.25, -0.2) is 0 Å². The Morgan fingerprint density at radius 2 is 1.90 bits per heavy atom. The molecule has 0 amide bonds. The number of aromatic nitrogens is 2. The van der Waals surface area contributed by atoms with Gasteiger partial charge in [0.1, 0.15) is 5.00 Å². The van der Waals surface area contributed by atoms with Crippen molar-refractivity contribution in [2.45, 2.75) is 6.92 Å². The monoisotopic (exact) mass is 320 g/mol. The zero-order valence-corrected chi connectivity index (χ0v) is 12.6. The molecule has 106 valence electrons. The minimum absolute atomic E-state index is 0.255. The molecule has 0 aliphatic rings. The lowest BCUT2D eigenvalue weighted by Crippen LogP contribution is -2.22. The Kier molecular flexibility index (Phi) is 3.61. The molecule has 0 saturated heterocycles. The maximum atomic E-state index is 13.2. The summed E-state index contributed by atoms with van der Waals surface area (Å²) in [7, 11) is 0. The van der Waals surface area contributed by atoms with Crippen LogP contribution >= 0.6 is 22.9 Å². The molecule has 1 aromatic carbocycles. The van der Waals surface area contributed by atoms with Gasteiger partial charge in [0.15, 0.2) is 5.13 Å². The van der Waals surface area contributed by atoms with Crippen LogP contribution in [0.25, 0.3) is 16.3 Å². The summed E-state index contributed by atoms with van der Waals surface area (Å²) in [5.74, 6) is 0. The van der Waals surface area contributed by atoms with Gasteiger partial charge < -0.3 is 0 Å². The van der Waals surface area contributed by atoms with Gasteiger partial charge in [-0.15, -0.1) is 0 Å². The van der Waals surface area contributed by atoms with E-state index in [1.165, 1.54) is 10.7 Å². The number of aryl methyl sites for hydroxylation is 1. The van der Waals surface area contributed by atoms with Crippen LogP contribution in [-0.4, -0.2) is 9.78 Å². The van der Waals surface area contributed by atoms with Crippen molar-refractivity contribution in [3.05, 3.63) is 68.5 Å². The van der Waals surface area contributed by atoms with Gasteiger partial charge in [-0.05, 0) is 37.3 Å². The number of hydrogen-bond donors (Lipinski definition) is 0. The summed E-state index contributed by atoms with van der Waals surface area (Å²) in [5, 5.41) is 5.05. The van der Waals surface area contributed by atoms with Crippen molar-refractivity contribution in [3.8, 4) is 16.3 Å². The maximum absolute atomic E-state index is 13.2. The first kappa shape index (κ1) is 14.0. The van der Waals surface area contributed by atoms with Gasteiger partial charge in [0, 0.05) is 16.1 Å². The first-order chi connectivity index (χ1) is 10.0. The molecule has 0 aliphatic carbocycles. The van der Waals surface area contributed by atoms with Crippen molar-refractivity contribution in [2.24, 2.45) is 0 Å². The van der Waals surface area contributed by atoms with Gasteiger partial charge in [0.2, 0.25) is 0 Å². The third-order valence-corrected chi connectivity index (χ3v) is 4.10. The second kappa shape index (κ2) is 5.42. The highest BCUT2D eigenvalue weighted by Gasteiger charge is 2.11. The lowest BCUT2D eigenvalue weighted by molar-refractivity contribution is 0.657.